The van der Waals surface area contributed by atoms with Crippen molar-refractivity contribution in [2.45, 2.75) is 82.3 Å². The second kappa shape index (κ2) is 8.62. The fraction of sp³-hybridized carbons (Fsp3) is 0.556. The maximum atomic E-state index is 6.30. The fourth-order valence-corrected chi connectivity index (χ4v) is 4.47. The van der Waals surface area contributed by atoms with Crippen molar-refractivity contribution in [3.8, 4) is 0 Å². The number of ether oxygens (including phenoxy) is 2. The van der Waals surface area contributed by atoms with E-state index >= 15 is 0 Å². The first-order chi connectivity index (χ1) is 14.0. The van der Waals surface area contributed by atoms with E-state index in [0.717, 1.165) is 26.1 Å². The standard InChI is InChI=1S/C27H36O2/c1-21(2)28-18-17-26(13-14-26)25-11-9-23(10-12-25)19-22(3)29-20-27(15-16-27)24-7-5-4-6-8-24/h4-12,21-22H,13-20H2,1-3H3. The Bertz CT molecular complexity index is 770. The molecular weight excluding hydrogens is 356 g/mol. The highest BCUT2D eigenvalue weighted by molar-refractivity contribution is 5.34. The van der Waals surface area contributed by atoms with Crippen LogP contribution in [-0.4, -0.2) is 25.4 Å². The zero-order valence-corrected chi connectivity index (χ0v) is 18.3. The highest BCUT2D eigenvalue weighted by atomic mass is 16.5. The van der Waals surface area contributed by atoms with Gasteiger partial charge >= 0.3 is 0 Å². The molecule has 29 heavy (non-hydrogen) atoms. The average Bonchev–Trinajstić information content (AvgIpc) is 3.64. The Kier molecular flexibility index (Phi) is 6.13. The first kappa shape index (κ1) is 20.6. The molecule has 2 saturated carbocycles. The summed E-state index contributed by atoms with van der Waals surface area (Å²) in [5.41, 5.74) is 4.95. The van der Waals surface area contributed by atoms with Gasteiger partial charge in [0.25, 0.3) is 0 Å². The lowest BCUT2D eigenvalue weighted by molar-refractivity contribution is 0.0505. The van der Waals surface area contributed by atoms with Crippen LogP contribution in [0.1, 0.15) is 69.6 Å². The van der Waals surface area contributed by atoms with Crippen LogP contribution < -0.4 is 0 Å². The molecule has 1 unspecified atom stereocenters. The van der Waals surface area contributed by atoms with Crippen LogP contribution in [0, 0.1) is 0 Å². The second-order valence-corrected chi connectivity index (χ2v) is 9.62. The van der Waals surface area contributed by atoms with Crippen LogP contribution in [0.2, 0.25) is 0 Å². The Hall–Kier alpha value is -1.64. The van der Waals surface area contributed by atoms with Crippen molar-refractivity contribution in [2.75, 3.05) is 13.2 Å². The fourth-order valence-electron chi connectivity index (χ4n) is 4.47. The van der Waals surface area contributed by atoms with Gasteiger partial charge in [0.1, 0.15) is 0 Å². The number of hydrogen-bond donors (Lipinski definition) is 0. The zero-order chi connectivity index (χ0) is 20.3. The van der Waals surface area contributed by atoms with Crippen molar-refractivity contribution in [1.29, 1.82) is 0 Å². The zero-order valence-electron chi connectivity index (χ0n) is 18.3. The van der Waals surface area contributed by atoms with Crippen molar-refractivity contribution in [3.05, 3.63) is 71.3 Å². The van der Waals surface area contributed by atoms with E-state index in [1.54, 1.807) is 0 Å². The average molecular weight is 393 g/mol. The van der Waals surface area contributed by atoms with E-state index in [0.29, 0.717) is 11.5 Å². The lowest BCUT2D eigenvalue weighted by Gasteiger charge is -2.21. The van der Waals surface area contributed by atoms with Gasteiger partial charge in [-0.15, -0.1) is 0 Å². The summed E-state index contributed by atoms with van der Waals surface area (Å²) in [7, 11) is 0. The minimum atomic E-state index is 0.247. The molecule has 0 aliphatic heterocycles. The summed E-state index contributed by atoms with van der Waals surface area (Å²) in [6.45, 7) is 8.15. The summed E-state index contributed by atoms with van der Waals surface area (Å²) in [6.07, 6.45) is 7.80. The minimum Gasteiger partial charge on any atom is -0.379 e. The first-order valence-electron chi connectivity index (χ1n) is 11.4. The quantitative estimate of drug-likeness (QED) is 0.452. The second-order valence-electron chi connectivity index (χ2n) is 9.62. The van der Waals surface area contributed by atoms with E-state index in [-0.39, 0.29) is 11.5 Å². The Labute approximate surface area is 176 Å². The van der Waals surface area contributed by atoms with Crippen molar-refractivity contribution in [3.63, 3.8) is 0 Å². The van der Waals surface area contributed by atoms with Gasteiger partial charge in [-0.05, 0) is 81.4 Å². The molecule has 2 nitrogen and oxygen atoms in total. The van der Waals surface area contributed by atoms with E-state index < -0.39 is 0 Å². The molecule has 0 spiro atoms. The van der Waals surface area contributed by atoms with Crippen molar-refractivity contribution >= 4 is 0 Å². The highest BCUT2D eigenvalue weighted by Gasteiger charge is 2.45. The Morgan fingerprint density at radius 1 is 0.759 bits per heavy atom. The van der Waals surface area contributed by atoms with Gasteiger partial charge in [0.15, 0.2) is 0 Å². The van der Waals surface area contributed by atoms with Gasteiger partial charge in [0.2, 0.25) is 0 Å². The maximum Gasteiger partial charge on any atom is 0.0587 e. The Morgan fingerprint density at radius 3 is 1.97 bits per heavy atom. The summed E-state index contributed by atoms with van der Waals surface area (Å²) >= 11 is 0. The molecule has 0 saturated heterocycles. The molecule has 2 aliphatic carbocycles. The molecule has 2 aliphatic rings. The van der Waals surface area contributed by atoms with Gasteiger partial charge in [-0.1, -0.05) is 54.6 Å². The highest BCUT2D eigenvalue weighted by Crippen LogP contribution is 2.51. The third-order valence-corrected chi connectivity index (χ3v) is 6.86. The molecular formula is C27H36O2. The molecule has 0 bridgehead atoms. The molecule has 0 aromatic heterocycles. The summed E-state index contributed by atoms with van der Waals surface area (Å²) in [5.74, 6) is 0. The lowest BCUT2D eigenvalue weighted by atomic mass is 9.91. The third-order valence-electron chi connectivity index (χ3n) is 6.86. The molecule has 2 fully saturated rings. The molecule has 0 amide bonds. The van der Waals surface area contributed by atoms with Gasteiger partial charge in [0.05, 0.1) is 18.8 Å². The van der Waals surface area contributed by atoms with Crippen LogP contribution in [0.25, 0.3) is 0 Å². The van der Waals surface area contributed by atoms with Gasteiger partial charge in [-0.3, -0.25) is 0 Å². The number of rotatable bonds is 11. The predicted molar refractivity (Wildman–Crippen MR) is 120 cm³/mol. The first-order valence-corrected chi connectivity index (χ1v) is 11.4. The SMILES string of the molecule is CC(C)OCCC1(c2ccc(CC(C)OCC3(c4ccccc4)CC3)cc2)CC1. The summed E-state index contributed by atoms with van der Waals surface area (Å²) in [6, 6.07) is 20.2. The van der Waals surface area contributed by atoms with Crippen molar-refractivity contribution in [1.82, 2.24) is 0 Å². The summed E-state index contributed by atoms with van der Waals surface area (Å²) in [5, 5.41) is 0. The smallest absolute Gasteiger partial charge is 0.0587 e. The third kappa shape index (κ3) is 5.10. The van der Waals surface area contributed by atoms with Crippen LogP contribution in [0.15, 0.2) is 54.6 Å². The molecule has 0 heterocycles. The lowest BCUT2D eigenvalue weighted by Crippen LogP contribution is -2.21. The van der Waals surface area contributed by atoms with Crippen molar-refractivity contribution in [2.24, 2.45) is 0 Å². The normalized spacial score (nSPS) is 19.9. The van der Waals surface area contributed by atoms with E-state index in [4.69, 9.17) is 9.47 Å². The van der Waals surface area contributed by atoms with Crippen LogP contribution in [0.3, 0.4) is 0 Å². The van der Waals surface area contributed by atoms with E-state index in [1.807, 2.05) is 0 Å². The van der Waals surface area contributed by atoms with Gasteiger partial charge in [-0.2, -0.15) is 0 Å². The predicted octanol–water partition coefficient (Wildman–Crippen LogP) is 6.21. The Morgan fingerprint density at radius 2 is 1.38 bits per heavy atom. The summed E-state index contributed by atoms with van der Waals surface area (Å²) < 4.78 is 12.1. The monoisotopic (exact) mass is 392 g/mol. The molecule has 0 radical (unpaired) electrons. The van der Waals surface area contributed by atoms with Gasteiger partial charge in [-0.25, -0.2) is 0 Å². The van der Waals surface area contributed by atoms with E-state index in [2.05, 4.69) is 75.4 Å². The molecule has 2 aromatic rings. The van der Waals surface area contributed by atoms with Crippen LogP contribution in [-0.2, 0) is 26.7 Å². The number of hydrogen-bond acceptors (Lipinski definition) is 2. The molecule has 0 N–H and O–H groups in total. The maximum absolute atomic E-state index is 6.30. The number of benzene rings is 2. The molecule has 4 rings (SSSR count). The van der Waals surface area contributed by atoms with Gasteiger partial charge in [0, 0.05) is 12.0 Å². The molecule has 2 aromatic carbocycles. The van der Waals surface area contributed by atoms with Gasteiger partial charge < -0.3 is 9.47 Å². The van der Waals surface area contributed by atoms with Crippen LogP contribution in [0.5, 0.6) is 0 Å². The topological polar surface area (TPSA) is 18.5 Å². The van der Waals surface area contributed by atoms with Crippen LogP contribution >= 0.6 is 0 Å². The summed E-state index contributed by atoms with van der Waals surface area (Å²) in [4.78, 5) is 0. The van der Waals surface area contributed by atoms with Crippen LogP contribution in [0.4, 0.5) is 0 Å². The largest absolute Gasteiger partial charge is 0.379 e. The van der Waals surface area contributed by atoms with E-state index in [1.165, 1.54) is 42.4 Å². The minimum absolute atomic E-state index is 0.247. The Balaban J connectivity index is 1.27. The van der Waals surface area contributed by atoms with E-state index in [9.17, 15) is 0 Å². The molecule has 1 atom stereocenters. The van der Waals surface area contributed by atoms with Crippen molar-refractivity contribution < 1.29 is 9.47 Å². The molecule has 2 heteroatoms. The molecule has 156 valence electrons.